The summed E-state index contributed by atoms with van der Waals surface area (Å²) in [6, 6.07) is 9.84. The second-order valence-corrected chi connectivity index (χ2v) is 11.3. The number of pyridine rings is 2. The molecule has 0 radical (unpaired) electrons. The van der Waals surface area contributed by atoms with Gasteiger partial charge in [0, 0.05) is 37.3 Å². The van der Waals surface area contributed by atoms with E-state index in [9.17, 15) is 32.8 Å². The Morgan fingerprint density at radius 1 is 1.19 bits per heavy atom. The molecule has 0 bridgehead atoms. The molecule has 0 spiro atoms. The van der Waals surface area contributed by atoms with Crippen molar-refractivity contribution in [2.45, 2.75) is 6.54 Å². The molecule has 0 aliphatic carbocycles. The van der Waals surface area contributed by atoms with E-state index < -0.39 is 26.7 Å². The summed E-state index contributed by atoms with van der Waals surface area (Å²) in [7, 11) is -3.32. The van der Waals surface area contributed by atoms with Gasteiger partial charge in [0.25, 0.3) is 5.69 Å². The maximum Gasteiger partial charge on any atom is 0.407 e. The first kappa shape index (κ1) is 25.9. The fraction of sp³-hybridized carbons (Fsp3) is 0.174. The number of fused-ring (bicyclic) bond motifs is 1. The molecule has 0 saturated carbocycles. The molecule has 1 N–H and O–H groups in total. The summed E-state index contributed by atoms with van der Waals surface area (Å²) in [6.07, 6.45) is 2.81. The van der Waals surface area contributed by atoms with Crippen LogP contribution < -0.4 is 4.74 Å². The molecule has 0 fully saturated rings. The summed E-state index contributed by atoms with van der Waals surface area (Å²) in [5, 5.41) is 20.2. The van der Waals surface area contributed by atoms with Crippen LogP contribution in [-0.2, 0) is 16.4 Å². The average molecular weight is 547 g/mol. The van der Waals surface area contributed by atoms with E-state index in [0.717, 1.165) is 28.2 Å². The lowest BCUT2D eigenvalue weighted by molar-refractivity contribution is -0.385. The standard InChI is InChI=1S/C23H19FN4O7S2/c1-37(33,34)9-8-27(23(29)30)13-14-2-4-17(26-12-14)21-11-18-22(36-21)20(6-7-25-18)35-19-5-3-15(28(31)32)10-16(19)24/h2-7,10-12H,8-9,13H2,1H3,(H,29,30). The summed E-state index contributed by atoms with van der Waals surface area (Å²) in [6.45, 7) is -0.180. The van der Waals surface area contributed by atoms with Crippen LogP contribution in [0.4, 0.5) is 14.9 Å². The minimum absolute atomic E-state index is 0.0229. The van der Waals surface area contributed by atoms with Gasteiger partial charge in [0.2, 0.25) is 0 Å². The Labute approximate surface area is 213 Å². The molecule has 1 amide bonds. The topological polar surface area (TPSA) is 153 Å². The third kappa shape index (κ3) is 6.34. The molecule has 0 aliphatic rings. The van der Waals surface area contributed by atoms with Gasteiger partial charge in [-0.15, -0.1) is 11.3 Å². The van der Waals surface area contributed by atoms with Crippen molar-refractivity contribution >= 4 is 43.2 Å². The van der Waals surface area contributed by atoms with Crippen molar-refractivity contribution in [3.8, 4) is 22.1 Å². The number of aromatic nitrogens is 2. The van der Waals surface area contributed by atoms with Crippen molar-refractivity contribution in [1.82, 2.24) is 14.9 Å². The molecule has 1 aromatic carbocycles. The van der Waals surface area contributed by atoms with Gasteiger partial charge in [0.05, 0.1) is 44.1 Å². The summed E-state index contributed by atoms with van der Waals surface area (Å²) < 4.78 is 43.4. The lowest BCUT2D eigenvalue weighted by Gasteiger charge is -2.18. The van der Waals surface area contributed by atoms with Crippen LogP contribution in [0.1, 0.15) is 5.56 Å². The molecule has 4 rings (SSSR count). The zero-order chi connectivity index (χ0) is 26.7. The molecule has 4 aromatic rings. The van der Waals surface area contributed by atoms with E-state index in [1.54, 1.807) is 24.3 Å². The molecule has 0 atom stereocenters. The summed E-state index contributed by atoms with van der Waals surface area (Å²) >= 11 is 1.29. The number of rotatable bonds is 9. The van der Waals surface area contributed by atoms with E-state index in [0.29, 0.717) is 27.2 Å². The number of sulfone groups is 1. The maximum atomic E-state index is 14.3. The summed E-state index contributed by atoms with van der Waals surface area (Å²) in [5.41, 5.74) is 1.34. The van der Waals surface area contributed by atoms with Gasteiger partial charge in [0.15, 0.2) is 11.6 Å². The van der Waals surface area contributed by atoms with Crippen molar-refractivity contribution in [3.05, 3.63) is 76.4 Å². The Bertz CT molecular complexity index is 1590. The largest absolute Gasteiger partial charge is 0.465 e. The first-order valence-electron chi connectivity index (χ1n) is 10.6. The van der Waals surface area contributed by atoms with Gasteiger partial charge in [-0.05, 0) is 23.8 Å². The predicted octanol–water partition coefficient (Wildman–Crippen LogP) is 4.72. The van der Waals surface area contributed by atoms with Gasteiger partial charge in [-0.25, -0.2) is 17.6 Å². The quantitative estimate of drug-likeness (QED) is 0.232. The van der Waals surface area contributed by atoms with E-state index in [1.807, 2.05) is 0 Å². The number of amides is 1. The molecule has 3 heterocycles. The molecular weight excluding hydrogens is 527 g/mol. The van der Waals surface area contributed by atoms with Crippen molar-refractivity contribution in [2.75, 3.05) is 18.6 Å². The SMILES string of the molecule is CS(=O)(=O)CCN(Cc1ccc(-c2cc3nccc(Oc4ccc([N+](=O)[O-])cc4F)c3s2)nc1)C(=O)O. The highest BCUT2D eigenvalue weighted by atomic mass is 32.2. The van der Waals surface area contributed by atoms with Crippen LogP contribution in [0.25, 0.3) is 20.8 Å². The van der Waals surface area contributed by atoms with Gasteiger partial charge >= 0.3 is 6.09 Å². The Morgan fingerprint density at radius 2 is 1.97 bits per heavy atom. The second-order valence-electron chi connectivity index (χ2n) is 7.99. The maximum absolute atomic E-state index is 14.3. The number of hydrogen-bond acceptors (Lipinski definition) is 9. The Hall–Kier alpha value is -4.17. The van der Waals surface area contributed by atoms with Crippen LogP contribution in [0.15, 0.2) is 54.9 Å². The van der Waals surface area contributed by atoms with Crippen molar-refractivity contribution in [1.29, 1.82) is 0 Å². The minimum atomic E-state index is -3.32. The van der Waals surface area contributed by atoms with E-state index in [2.05, 4.69) is 9.97 Å². The first-order valence-corrected chi connectivity index (χ1v) is 13.5. The number of non-ortho nitro benzene ring substituents is 1. The molecule has 3 aromatic heterocycles. The predicted molar refractivity (Wildman–Crippen MR) is 134 cm³/mol. The fourth-order valence-corrected chi connectivity index (χ4v) is 4.92. The molecule has 0 unspecified atom stereocenters. The number of nitrogens with zero attached hydrogens (tertiary/aromatic N) is 4. The van der Waals surface area contributed by atoms with Crippen molar-refractivity contribution in [2.24, 2.45) is 0 Å². The van der Waals surface area contributed by atoms with E-state index in [1.165, 1.54) is 29.8 Å². The molecule has 11 nitrogen and oxygen atoms in total. The van der Waals surface area contributed by atoms with Crippen LogP contribution in [0.3, 0.4) is 0 Å². The molecule has 192 valence electrons. The highest BCUT2D eigenvalue weighted by molar-refractivity contribution is 7.90. The van der Waals surface area contributed by atoms with Gasteiger partial charge < -0.3 is 14.7 Å². The summed E-state index contributed by atoms with van der Waals surface area (Å²) in [5.74, 6) is -1.02. The number of nitro groups is 1. The molecule has 14 heteroatoms. The number of nitro benzene ring substituents is 1. The molecular formula is C23H19FN4O7S2. The van der Waals surface area contributed by atoms with Crippen LogP contribution in [0.5, 0.6) is 11.5 Å². The van der Waals surface area contributed by atoms with E-state index in [-0.39, 0.29) is 30.3 Å². The van der Waals surface area contributed by atoms with Gasteiger partial charge in [-0.3, -0.25) is 20.1 Å². The van der Waals surface area contributed by atoms with E-state index in [4.69, 9.17) is 4.74 Å². The number of thiophene rings is 1. The van der Waals surface area contributed by atoms with Crippen LogP contribution in [-0.4, -0.2) is 58.0 Å². The number of hydrogen-bond donors (Lipinski definition) is 1. The summed E-state index contributed by atoms with van der Waals surface area (Å²) in [4.78, 5) is 32.0. The highest BCUT2D eigenvalue weighted by Crippen LogP contribution is 2.39. The average Bonchev–Trinajstić information content (AvgIpc) is 3.28. The molecule has 0 saturated heterocycles. The third-order valence-corrected chi connectivity index (χ3v) is 7.26. The Morgan fingerprint density at radius 3 is 2.59 bits per heavy atom. The Kier molecular flexibility index (Phi) is 7.31. The number of carbonyl (C=O) groups is 1. The zero-order valence-electron chi connectivity index (χ0n) is 19.2. The number of benzene rings is 1. The smallest absolute Gasteiger partial charge is 0.407 e. The van der Waals surface area contributed by atoms with E-state index >= 15 is 0 Å². The van der Waals surface area contributed by atoms with Crippen molar-refractivity contribution < 1.29 is 32.4 Å². The lowest BCUT2D eigenvalue weighted by atomic mass is 10.2. The first-order chi connectivity index (χ1) is 17.5. The third-order valence-electron chi connectivity index (χ3n) is 5.18. The zero-order valence-corrected chi connectivity index (χ0v) is 20.8. The van der Waals surface area contributed by atoms with Crippen LogP contribution in [0.2, 0.25) is 0 Å². The fourth-order valence-electron chi connectivity index (χ4n) is 3.33. The number of ether oxygens (including phenoxy) is 1. The highest BCUT2D eigenvalue weighted by Gasteiger charge is 2.17. The number of halogens is 1. The molecule has 37 heavy (non-hydrogen) atoms. The monoisotopic (exact) mass is 546 g/mol. The lowest BCUT2D eigenvalue weighted by Crippen LogP contribution is -2.33. The van der Waals surface area contributed by atoms with Crippen LogP contribution in [0, 0.1) is 15.9 Å². The molecule has 0 aliphatic heterocycles. The minimum Gasteiger partial charge on any atom is -0.465 e. The normalized spacial score (nSPS) is 11.4. The van der Waals surface area contributed by atoms with Gasteiger partial charge in [-0.2, -0.15) is 0 Å². The van der Waals surface area contributed by atoms with Crippen LogP contribution >= 0.6 is 11.3 Å². The van der Waals surface area contributed by atoms with Crippen molar-refractivity contribution in [3.63, 3.8) is 0 Å². The van der Waals surface area contributed by atoms with Gasteiger partial charge in [-0.1, -0.05) is 6.07 Å². The number of carboxylic acid groups (broad SMARTS) is 1. The Balaban J connectivity index is 1.55. The van der Waals surface area contributed by atoms with Gasteiger partial charge in [0.1, 0.15) is 15.6 Å². The second kappa shape index (κ2) is 10.4.